The van der Waals surface area contributed by atoms with E-state index >= 15 is 0 Å². The molecule has 0 unspecified atom stereocenters. The Hall–Kier alpha value is -2.29. The van der Waals surface area contributed by atoms with Crippen molar-refractivity contribution in [2.75, 3.05) is 20.3 Å². The maximum Gasteiger partial charge on any atom is 0.240 e. The maximum atomic E-state index is 13.0. The molecule has 0 heterocycles. The molecule has 0 radical (unpaired) electrons. The first-order valence-corrected chi connectivity index (χ1v) is 10.2. The van der Waals surface area contributed by atoms with Crippen LogP contribution in [0.2, 0.25) is 0 Å². The van der Waals surface area contributed by atoms with Crippen LogP contribution in [0, 0.1) is 12.7 Å². The summed E-state index contributed by atoms with van der Waals surface area (Å²) < 4.78 is 51.1. The van der Waals surface area contributed by atoms with Gasteiger partial charge in [0.15, 0.2) is 5.78 Å². The molecule has 1 atom stereocenters. The monoisotopic (exact) mass is 409 g/mol. The SMILES string of the molecule is COCCOc1ccc(S(=O)(=O)N[C@H](C)CC(=O)c2ccc(F)cc2)cc1C. The van der Waals surface area contributed by atoms with E-state index in [0.29, 0.717) is 30.1 Å². The zero-order valence-electron chi connectivity index (χ0n) is 16.1. The second-order valence-electron chi connectivity index (χ2n) is 6.43. The second-order valence-corrected chi connectivity index (χ2v) is 8.14. The molecule has 152 valence electrons. The van der Waals surface area contributed by atoms with Gasteiger partial charge in [-0.15, -0.1) is 0 Å². The van der Waals surface area contributed by atoms with Crippen molar-refractivity contribution in [3.8, 4) is 5.75 Å². The quantitative estimate of drug-likeness (QED) is 0.482. The van der Waals surface area contributed by atoms with Crippen LogP contribution in [0.3, 0.4) is 0 Å². The van der Waals surface area contributed by atoms with E-state index in [1.165, 1.54) is 36.4 Å². The molecule has 0 saturated heterocycles. The van der Waals surface area contributed by atoms with E-state index in [4.69, 9.17) is 9.47 Å². The molecule has 28 heavy (non-hydrogen) atoms. The first kappa shape index (κ1) is 22.0. The number of carbonyl (C=O) groups excluding carboxylic acids is 1. The summed E-state index contributed by atoms with van der Waals surface area (Å²) >= 11 is 0. The number of hydrogen-bond acceptors (Lipinski definition) is 5. The second kappa shape index (κ2) is 9.77. The Morgan fingerprint density at radius 3 is 2.43 bits per heavy atom. The molecule has 0 spiro atoms. The fourth-order valence-corrected chi connectivity index (χ4v) is 3.92. The van der Waals surface area contributed by atoms with Crippen LogP contribution in [0.25, 0.3) is 0 Å². The van der Waals surface area contributed by atoms with Gasteiger partial charge in [-0.25, -0.2) is 17.5 Å². The van der Waals surface area contributed by atoms with E-state index in [-0.39, 0.29) is 17.1 Å². The van der Waals surface area contributed by atoms with Crippen LogP contribution in [0.15, 0.2) is 47.4 Å². The van der Waals surface area contributed by atoms with E-state index in [9.17, 15) is 17.6 Å². The van der Waals surface area contributed by atoms with Crippen molar-refractivity contribution >= 4 is 15.8 Å². The number of Topliss-reactive ketones (excluding diaryl/α,β-unsaturated/α-hetero) is 1. The number of sulfonamides is 1. The Morgan fingerprint density at radius 2 is 1.82 bits per heavy atom. The fourth-order valence-electron chi connectivity index (χ4n) is 2.59. The molecule has 0 aliphatic heterocycles. The zero-order chi connectivity index (χ0) is 20.7. The van der Waals surface area contributed by atoms with Crippen molar-refractivity contribution < 1.29 is 27.1 Å². The number of hydrogen-bond donors (Lipinski definition) is 1. The molecular formula is C20H24FNO5S. The number of benzene rings is 2. The average molecular weight is 409 g/mol. The van der Waals surface area contributed by atoms with Crippen LogP contribution in [-0.4, -0.2) is 40.6 Å². The lowest BCUT2D eigenvalue weighted by atomic mass is 10.1. The van der Waals surface area contributed by atoms with Gasteiger partial charge in [0.1, 0.15) is 18.2 Å². The van der Waals surface area contributed by atoms with Crippen LogP contribution in [0.4, 0.5) is 4.39 Å². The van der Waals surface area contributed by atoms with Crippen LogP contribution in [-0.2, 0) is 14.8 Å². The van der Waals surface area contributed by atoms with Gasteiger partial charge in [-0.1, -0.05) is 0 Å². The number of ether oxygens (including phenoxy) is 2. The first-order chi connectivity index (χ1) is 13.2. The van der Waals surface area contributed by atoms with Gasteiger partial charge in [0.25, 0.3) is 0 Å². The van der Waals surface area contributed by atoms with E-state index in [1.807, 2.05) is 0 Å². The van der Waals surface area contributed by atoms with Gasteiger partial charge in [0, 0.05) is 25.1 Å². The van der Waals surface area contributed by atoms with Gasteiger partial charge < -0.3 is 9.47 Å². The Balaban J connectivity index is 2.02. The van der Waals surface area contributed by atoms with E-state index < -0.39 is 21.9 Å². The maximum absolute atomic E-state index is 13.0. The number of halogens is 1. The molecule has 0 aromatic heterocycles. The minimum atomic E-state index is -3.80. The van der Waals surface area contributed by atoms with Gasteiger partial charge >= 0.3 is 0 Å². The Kier molecular flexibility index (Phi) is 7.68. The molecule has 1 N–H and O–H groups in total. The third-order valence-corrected chi connectivity index (χ3v) is 5.60. The predicted molar refractivity (Wildman–Crippen MR) is 104 cm³/mol. The van der Waals surface area contributed by atoms with Gasteiger partial charge in [0.05, 0.1) is 11.5 Å². The minimum absolute atomic E-state index is 0.0396. The number of aryl methyl sites for hydroxylation is 1. The average Bonchev–Trinajstić information content (AvgIpc) is 2.63. The Bertz CT molecular complexity index is 913. The molecule has 0 amide bonds. The lowest BCUT2D eigenvalue weighted by Crippen LogP contribution is -2.34. The first-order valence-electron chi connectivity index (χ1n) is 8.76. The molecule has 8 heteroatoms. The van der Waals surface area contributed by atoms with E-state index in [1.54, 1.807) is 27.0 Å². The van der Waals surface area contributed by atoms with Gasteiger partial charge in [-0.2, -0.15) is 0 Å². The van der Waals surface area contributed by atoms with Gasteiger partial charge in [0.2, 0.25) is 10.0 Å². The highest BCUT2D eigenvalue weighted by molar-refractivity contribution is 7.89. The van der Waals surface area contributed by atoms with Crippen LogP contribution in [0.5, 0.6) is 5.75 Å². The standard InChI is InChI=1S/C20H24FNO5S/c1-14-12-18(8-9-20(14)27-11-10-26-3)28(24,25)22-15(2)13-19(23)16-4-6-17(21)7-5-16/h4-9,12,15,22H,10-11,13H2,1-3H3/t15-/m1/s1. The number of ketones is 1. The summed E-state index contributed by atoms with van der Waals surface area (Å²) in [5.74, 6) is -0.126. The van der Waals surface area contributed by atoms with Crippen molar-refractivity contribution in [2.45, 2.75) is 31.2 Å². The highest BCUT2D eigenvalue weighted by atomic mass is 32.2. The van der Waals surface area contributed by atoms with Crippen LogP contribution >= 0.6 is 0 Å². The molecule has 0 aliphatic carbocycles. The summed E-state index contributed by atoms with van der Waals surface area (Å²) in [5, 5.41) is 0. The molecule has 0 fully saturated rings. The minimum Gasteiger partial charge on any atom is -0.491 e. The number of nitrogens with one attached hydrogen (secondary N) is 1. The molecule has 0 saturated carbocycles. The van der Waals surface area contributed by atoms with Crippen LogP contribution < -0.4 is 9.46 Å². The summed E-state index contributed by atoms with van der Waals surface area (Å²) in [7, 11) is -2.23. The summed E-state index contributed by atoms with van der Waals surface area (Å²) in [4.78, 5) is 12.3. The summed E-state index contributed by atoms with van der Waals surface area (Å²) in [6.45, 7) is 4.15. The topological polar surface area (TPSA) is 81.7 Å². The Labute approximate surface area is 164 Å². The summed E-state index contributed by atoms with van der Waals surface area (Å²) in [6.07, 6.45) is -0.0396. The highest BCUT2D eigenvalue weighted by Gasteiger charge is 2.20. The molecular weight excluding hydrogens is 385 g/mol. The molecule has 6 nitrogen and oxygen atoms in total. The smallest absolute Gasteiger partial charge is 0.240 e. The fraction of sp³-hybridized carbons (Fsp3) is 0.350. The molecule has 0 bridgehead atoms. The number of rotatable bonds is 10. The Morgan fingerprint density at radius 1 is 1.14 bits per heavy atom. The molecule has 0 aliphatic rings. The lowest BCUT2D eigenvalue weighted by Gasteiger charge is -2.15. The molecule has 2 rings (SSSR count). The normalized spacial score (nSPS) is 12.6. The number of methoxy groups -OCH3 is 1. The van der Waals surface area contributed by atoms with Gasteiger partial charge in [-0.3, -0.25) is 4.79 Å². The summed E-state index contributed by atoms with van der Waals surface area (Å²) in [5.41, 5.74) is 1.01. The third-order valence-electron chi connectivity index (χ3n) is 4.02. The van der Waals surface area contributed by atoms with Crippen molar-refractivity contribution in [2.24, 2.45) is 0 Å². The van der Waals surface area contributed by atoms with Crippen molar-refractivity contribution in [3.05, 3.63) is 59.4 Å². The lowest BCUT2D eigenvalue weighted by molar-refractivity contribution is 0.0974. The largest absolute Gasteiger partial charge is 0.491 e. The highest BCUT2D eigenvalue weighted by Crippen LogP contribution is 2.22. The van der Waals surface area contributed by atoms with E-state index in [0.717, 1.165) is 0 Å². The van der Waals surface area contributed by atoms with Crippen LogP contribution in [0.1, 0.15) is 29.3 Å². The third kappa shape index (κ3) is 6.12. The van der Waals surface area contributed by atoms with E-state index in [2.05, 4.69) is 4.72 Å². The summed E-state index contributed by atoms with van der Waals surface area (Å²) in [6, 6.07) is 9.08. The molecule has 2 aromatic rings. The predicted octanol–water partition coefficient (Wildman–Crippen LogP) is 3.10. The van der Waals surface area contributed by atoms with Gasteiger partial charge in [-0.05, 0) is 61.9 Å². The van der Waals surface area contributed by atoms with Crippen molar-refractivity contribution in [3.63, 3.8) is 0 Å². The zero-order valence-corrected chi connectivity index (χ0v) is 16.9. The van der Waals surface area contributed by atoms with Crippen molar-refractivity contribution in [1.82, 2.24) is 4.72 Å². The molecule has 2 aromatic carbocycles. The van der Waals surface area contributed by atoms with Crippen molar-refractivity contribution in [1.29, 1.82) is 0 Å². The number of carbonyl (C=O) groups is 1.